The second-order valence-electron chi connectivity index (χ2n) is 11.6. The molecule has 0 spiro atoms. The Labute approximate surface area is 190 Å². The fourth-order valence-electron chi connectivity index (χ4n) is 8.66. The third-order valence-electron chi connectivity index (χ3n) is 10.5. The normalized spacial score (nSPS) is 45.4. The molecule has 5 nitrogen and oxygen atoms in total. The molecule has 1 heterocycles. The number of fused-ring (bicyclic) bond motifs is 5. The average Bonchev–Trinajstić information content (AvgIpc) is 3.06. The molecule has 0 radical (unpaired) electrons. The summed E-state index contributed by atoms with van der Waals surface area (Å²) >= 11 is 0. The zero-order valence-electron chi connectivity index (χ0n) is 19.8. The monoisotopic (exact) mass is 442 g/mol. The Balaban J connectivity index is 1.39. The van der Waals surface area contributed by atoms with Crippen molar-refractivity contribution in [2.75, 3.05) is 0 Å². The minimum atomic E-state index is -0.670. The van der Waals surface area contributed by atoms with E-state index in [0.29, 0.717) is 24.2 Å². The molecule has 5 heteroatoms. The zero-order chi connectivity index (χ0) is 22.7. The van der Waals surface area contributed by atoms with Crippen LogP contribution in [0.25, 0.3) is 0 Å². The van der Waals surface area contributed by atoms with E-state index in [2.05, 4.69) is 13.8 Å². The van der Waals surface area contributed by atoms with E-state index in [4.69, 9.17) is 9.15 Å². The fourth-order valence-corrected chi connectivity index (χ4v) is 8.66. The van der Waals surface area contributed by atoms with Crippen LogP contribution in [0.5, 0.6) is 0 Å². The largest absolute Gasteiger partial charge is 0.462 e. The van der Waals surface area contributed by atoms with E-state index in [-0.39, 0.29) is 34.4 Å². The van der Waals surface area contributed by atoms with Gasteiger partial charge in [-0.1, -0.05) is 20.8 Å². The van der Waals surface area contributed by atoms with Gasteiger partial charge in [0.15, 0.2) is 0 Å². The number of carbonyl (C=O) groups is 1. The number of ether oxygens (including phenoxy) is 1. The van der Waals surface area contributed by atoms with Crippen molar-refractivity contribution in [1.29, 1.82) is 0 Å². The van der Waals surface area contributed by atoms with Crippen molar-refractivity contribution in [3.05, 3.63) is 34.4 Å². The highest BCUT2D eigenvalue weighted by atomic mass is 16.5. The van der Waals surface area contributed by atoms with Crippen molar-refractivity contribution < 1.29 is 19.1 Å². The van der Waals surface area contributed by atoms with Gasteiger partial charge >= 0.3 is 11.6 Å². The Hall–Kier alpha value is -1.62. The van der Waals surface area contributed by atoms with Crippen molar-refractivity contribution in [1.82, 2.24) is 0 Å². The topological polar surface area (TPSA) is 76.7 Å². The smallest absolute Gasteiger partial charge is 0.335 e. The van der Waals surface area contributed by atoms with Gasteiger partial charge in [-0.05, 0) is 98.5 Å². The summed E-state index contributed by atoms with van der Waals surface area (Å²) in [7, 11) is 0. The first-order chi connectivity index (χ1) is 15.2. The summed E-state index contributed by atoms with van der Waals surface area (Å²) in [6.07, 6.45) is 11.2. The molecule has 0 bridgehead atoms. The Morgan fingerprint density at radius 1 is 1.09 bits per heavy atom. The number of hydrogen-bond acceptors (Lipinski definition) is 5. The summed E-state index contributed by atoms with van der Waals surface area (Å²) < 4.78 is 10.9. The Kier molecular flexibility index (Phi) is 5.35. The van der Waals surface area contributed by atoms with E-state index in [9.17, 15) is 14.7 Å². The predicted octanol–water partition coefficient (Wildman–Crippen LogP) is 5.20. The van der Waals surface area contributed by atoms with Crippen LogP contribution in [-0.4, -0.2) is 22.8 Å². The van der Waals surface area contributed by atoms with E-state index in [1.165, 1.54) is 6.07 Å². The summed E-state index contributed by atoms with van der Waals surface area (Å²) in [6, 6.07) is 3.41. The van der Waals surface area contributed by atoms with Gasteiger partial charge in [0.05, 0.1) is 11.9 Å². The average molecular weight is 443 g/mol. The molecule has 0 amide bonds. The number of hydrogen-bond donors (Lipinski definition) is 1. The maximum absolute atomic E-state index is 12.3. The fraction of sp³-hybridized carbons (Fsp3) is 0.778. The lowest BCUT2D eigenvalue weighted by molar-refractivity contribution is -0.207. The number of aliphatic hydroxyl groups is 1. The lowest BCUT2D eigenvalue weighted by Gasteiger charge is -2.63. The second-order valence-corrected chi connectivity index (χ2v) is 11.6. The molecule has 4 fully saturated rings. The highest BCUT2D eigenvalue weighted by Gasteiger charge is 2.67. The molecule has 0 aromatic carbocycles. The summed E-state index contributed by atoms with van der Waals surface area (Å²) in [6.45, 7) is 6.59. The van der Waals surface area contributed by atoms with Crippen LogP contribution in [0.2, 0.25) is 0 Å². The first-order valence-electron chi connectivity index (χ1n) is 12.7. The summed E-state index contributed by atoms with van der Waals surface area (Å²) in [5.41, 5.74) is 0.0932. The maximum atomic E-state index is 12.3. The molecule has 1 aromatic rings. The molecular formula is C27H38O5. The molecule has 32 heavy (non-hydrogen) atoms. The number of rotatable bonds is 3. The number of carbonyl (C=O) groups excluding carboxylic acids is 1. The van der Waals surface area contributed by atoms with Crippen LogP contribution in [0, 0.1) is 28.6 Å². The van der Waals surface area contributed by atoms with E-state index in [1.807, 2.05) is 13.0 Å². The highest BCUT2D eigenvalue weighted by Crippen LogP contribution is 2.70. The Morgan fingerprint density at radius 2 is 1.91 bits per heavy atom. The second kappa shape index (κ2) is 7.72. The van der Waals surface area contributed by atoms with Crippen LogP contribution >= 0.6 is 0 Å². The maximum Gasteiger partial charge on any atom is 0.335 e. The molecule has 1 aromatic heterocycles. The minimum Gasteiger partial charge on any atom is -0.462 e. The van der Waals surface area contributed by atoms with Gasteiger partial charge in [-0.3, -0.25) is 4.79 Å². The molecule has 1 N–H and O–H groups in total. The quantitative estimate of drug-likeness (QED) is 0.651. The molecule has 176 valence electrons. The van der Waals surface area contributed by atoms with Crippen molar-refractivity contribution >= 4 is 5.97 Å². The van der Waals surface area contributed by atoms with Gasteiger partial charge in [-0.2, -0.15) is 0 Å². The lowest BCUT2D eigenvalue weighted by Crippen LogP contribution is -2.62. The van der Waals surface area contributed by atoms with E-state index in [0.717, 1.165) is 63.4 Å². The number of esters is 1. The Bertz CT molecular complexity index is 918. The molecule has 8 unspecified atom stereocenters. The molecule has 5 rings (SSSR count). The van der Waals surface area contributed by atoms with Gasteiger partial charge in [0, 0.05) is 17.9 Å². The van der Waals surface area contributed by atoms with Crippen LogP contribution in [0.3, 0.4) is 0 Å². The molecule has 0 saturated heterocycles. The van der Waals surface area contributed by atoms with E-state index < -0.39 is 5.60 Å². The van der Waals surface area contributed by atoms with Gasteiger partial charge in [0.2, 0.25) is 0 Å². The van der Waals surface area contributed by atoms with Crippen LogP contribution < -0.4 is 5.63 Å². The highest BCUT2D eigenvalue weighted by molar-refractivity contribution is 5.69. The third-order valence-corrected chi connectivity index (χ3v) is 10.5. The van der Waals surface area contributed by atoms with E-state index >= 15 is 0 Å². The predicted molar refractivity (Wildman–Crippen MR) is 121 cm³/mol. The molecule has 0 aliphatic heterocycles. The van der Waals surface area contributed by atoms with Crippen molar-refractivity contribution in [3.8, 4) is 0 Å². The van der Waals surface area contributed by atoms with Crippen LogP contribution in [-0.2, 0) is 9.53 Å². The van der Waals surface area contributed by atoms with Crippen LogP contribution in [0.4, 0.5) is 0 Å². The van der Waals surface area contributed by atoms with Gasteiger partial charge in [0.25, 0.3) is 0 Å². The van der Waals surface area contributed by atoms with Crippen molar-refractivity contribution in [3.63, 3.8) is 0 Å². The van der Waals surface area contributed by atoms with Gasteiger partial charge in [-0.25, -0.2) is 4.79 Å². The van der Waals surface area contributed by atoms with E-state index in [1.54, 1.807) is 6.26 Å². The third kappa shape index (κ3) is 3.13. The van der Waals surface area contributed by atoms with Crippen molar-refractivity contribution in [2.45, 2.75) is 103 Å². The molecular weight excluding hydrogens is 404 g/mol. The molecule has 4 saturated carbocycles. The molecule has 4 aliphatic carbocycles. The SMILES string of the molecule is CCC(=O)OC1CCC2(C)C(CCC3C2CCC2(C)C(c4ccc(=O)oc4)CCC32O)C1. The minimum absolute atomic E-state index is 0.0672. The van der Waals surface area contributed by atoms with Crippen LogP contribution in [0.1, 0.15) is 96.5 Å². The lowest BCUT2D eigenvalue weighted by atomic mass is 9.43. The zero-order valence-corrected chi connectivity index (χ0v) is 19.8. The molecule has 4 aliphatic rings. The van der Waals surface area contributed by atoms with Crippen molar-refractivity contribution in [2.24, 2.45) is 28.6 Å². The van der Waals surface area contributed by atoms with Gasteiger partial charge < -0.3 is 14.3 Å². The summed E-state index contributed by atoms with van der Waals surface area (Å²) in [5.74, 6) is 1.56. The molecule has 8 atom stereocenters. The van der Waals surface area contributed by atoms with Gasteiger partial charge in [0.1, 0.15) is 6.10 Å². The van der Waals surface area contributed by atoms with Gasteiger partial charge in [-0.15, -0.1) is 0 Å². The standard InChI is InChI=1S/C27H38O5/c1-4-23(28)32-19-9-12-25(2)18(15-19)6-7-22-21(25)10-13-26(3)20(11-14-27(22,26)30)17-5-8-24(29)31-16-17/h5,8,16,18-22,30H,4,6-7,9-15H2,1-3H3. The summed E-state index contributed by atoms with van der Waals surface area (Å²) in [5, 5.41) is 12.3. The van der Waals surface area contributed by atoms with Crippen LogP contribution in [0.15, 0.2) is 27.6 Å². The Morgan fingerprint density at radius 3 is 2.62 bits per heavy atom. The first kappa shape index (κ1) is 22.2. The first-order valence-corrected chi connectivity index (χ1v) is 12.7. The summed E-state index contributed by atoms with van der Waals surface area (Å²) in [4.78, 5) is 23.3.